The van der Waals surface area contributed by atoms with E-state index in [2.05, 4.69) is 32.2 Å². The predicted octanol–water partition coefficient (Wildman–Crippen LogP) is 5.42. The van der Waals surface area contributed by atoms with Gasteiger partial charge in [-0.25, -0.2) is 9.97 Å². The summed E-state index contributed by atoms with van der Waals surface area (Å²) in [6.45, 7) is 6.31. The highest BCUT2D eigenvalue weighted by Gasteiger charge is 2.33. The Morgan fingerprint density at radius 1 is 1.15 bits per heavy atom. The number of halogens is 1. The van der Waals surface area contributed by atoms with E-state index in [4.69, 9.17) is 16.3 Å². The molecule has 4 aromatic rings. The minimum absolute atomic E-state index is 0.239. The Kier molecular flexibility index (Phi) is 7.69. The van der Waals surface area contributed by atoms with Crippen LogP contribution in [0.5, 0.6) is 5.75 Å². The molecule has 0 saturated carbocycles. The molecule has 0 unspecified atom stereocenters. The minimum Gasteiger partial charge on any atom is -0.486 e. The second kappa shape index (κ2) is 11.5. The second-order valence-corrected chi connectivity index (χ2v) is 9.57. The summed E-state index contributed by atoms with van der Waals surface area (Å²) in [6.07, 6.45) is 4.08. The summed E-state index contributed by atoms with van der Waals surface area (Å²) in [7, 11) is 0. The van der Waals surface area contributed by atoms with Crippen LogP contribution in [0.1, 0.15) is 24.2 Å². The third-order valence-corrected chi connectivity index (χ3v) is 6.73. The quantitative estimate of drug-likeness (QED) is 0.286. The maximum atomic E-state index is 13.0. The molecule has 1 aliphatic heterocycles. The van der Waals surface area contributed by atoms with Gasteiger partial charge in [-0.1, -0.05) is 24.2 Å². The fourth-order valence-corrected chi connectivity index (χ4v) is 4.78. The lowest BCUT2D eigenvalue weighted by Crippen LogP contribution is -2.42. The van der Waals surface area contributed by atoms with Crippen molar-refractivity contribution in [2.45, 2.75) is 32.4 Å². The van der Waals surface area contributed by atoms with Gasteiger partial charge < -0.3 is 20.3 Å². The zero-order chi connectivity index (χ0) is 27.4. The van der Waals surface area contributed by atoms with E-state index in [-0.39, 0.29) is 11.8 Å². The van der Waals surface area contributed by atoms with Gasteiger partial charge in [-0.15, -0.1) is 0 Å². The van der Waals surface area contributed by atoms with Crippen LogP contribution >= 0.6 is 11.6 Å². The Bertz CT molecular complexity index is 1560. The molecule has 10 heteroatoms. The highest BCUT2D eigenvalue weighted by Crippen LogP contribution is 2.32. The fraction of sp³-hybridized carbons (Fsp3) is 0.207. The van der Waals surface area contributed by atoms with Crippen LogP contribution in [0.3, 0.4) is 0 Å². The standard InChI is InChI=1S/C29H27ClN6O3/c1-3-27(37)36-13-5-8-25(36)29(38)35-19-9-11-24-22(14-19)28(32-17-31-24)34-20-10-12-26(23(30)15-20)39-16-21-7-4-6-18(2)33-21/h3-4,6-7,9-12,14-15,17,25H,1,5,8,13,16H2,2H3,(H,35,38)(H,31,32,34)/t25-/m0/s1. The molecule has 198 valence electrons. The topological polar surface area (TPSA) is 109 Å². The number of aromatic nitrogens is 3. The molecule has 1 atom stereocenters. The molecule has 2 aromatic heterocycles. The van der Waals surface area contributed by atoms with Crippen LogP contribution in [-0.4, -0.2) is 44.3 Å². The van der Waals surface area contributed by atoms with Crippen LogP contribution in [0, 0.1) is 6.92 Å². The molecule has 0 aliphatic carbocycles. The van der Waals surface area contributed by atoms with Crippen LogP contribution in [0.2, 0.25) is 5.02 Å². The summed E-state index contributed by atoms with van der Waals surface area (Å²) >= 11 is 6.50. The van der Waals surface area contributed by atoms with Gasteiger partial charge in [-0.2, -0.15) is 0 Å². The molecule has 2 N–H and O–H groups in total. The van der Waals surface area contributed by atoms with E-state index < -0.39 is 6.04 Å². The third-order valence-electron chi connectivity index (χ3n) is 6.43. The van der Waals surface area contributed by atoms with Crippen LogP contribution in [0.25, 0.3) is 10.9 Å². The van der Waals surface area contributed by atoms with Crippen LogP contribution in [-0.2, 0) is 16.2 Å². The number of nitrogens with one attached hydrogen (secondary N) is 2. The van der Waals surface area contributed by atoms with Gasteiger partial charge in [0.2, 0.25) is 11.8 Å². The lowest BCUT2D eigenvalue weighted by Gasteiger charge is -2.22. The Labute approximate surface area is 230 Å². The van der Waals surface area contributed by atoms with E-state index in [0.717, 1.165) is 17.8 Å². The number of ether oxygens (including phenoxy) is 1. The summed E-state index contributed by atoms with van der Waals surface area (Å²) in [5.41, 5.74) is 3.72. The number of rotatable bonds is 8. The number of nitrogens with zero attached hydrogens (tertiary/aromatic N) is 4. The Hall–Kier alpha value is -4.50. The van der Waals surface area contributed by atoms with Crippen molar-refractivity contribution >= 4 is 51.5 Å². The van der Waals surface area contributed by atoms with Gasteiger partial charge in [0, 0.05) is 29.0 Å². The maximum absolute atomic E-state index is 13.0. The first-order valence-electron chi connectivity index (χ1n) is 12.5. The number of benzene rings is 2. The fourth-order valence-electron chi connectivity index (χ4n) is 4.54. The van der Waals surface area contributed by atoms with Gasteiger partial charge in [0.1, 0.15) is 30.5 Å². The Morgan fingerprint density at radius 3 is 2.79 bits per heavy atom. The largest absolute Gasteiger partial charge is 0.486 e. The number of carbonyl (C=O) groups excluding carboxylic acids is 2. The first-order chi connectivity index (χ1) is 18.9. The number of hydrogen-bond donors (Lipinski definition) is 2. The lowest BCUT2D eigenvalue weighted by atomic mass is 10.1. The van der Waals surface area contributed by atoms with E-state index in [1.165, 1.54) is 12.4 Å². The van der Waals surface area contributed by atoms with Gasteiger partial charge in [0.25, 0.3) is 0 Å². The SMILES string of the molecule is C=CC(=O)N1CCC[C@H]1C(=O)Nc1ccc2ncnc(Nc3ccc(OCc4cccc(C)n4)c(Cl)c3)c2c1. The van der Waals surface area contributed by atoms with Crippen molar-refractivity contribution in [3.05, 3.63) is 90.0 Å². The van der Waals surface area contributed by atoms with Crippen molar-refractivity contribution in [1.82, 2.24) is 19.9 Å². The molecule has 0 radical (unpaired) electrons. The number of hydrogen-bond acceptors (Lipinski definition) is 7. The molecule has 1 fully saturated rings. The van der Waals surface area contributed by atoms with Crippen molar-refractivity contribution in [1.29, 1.82) is 0 Å². The molecule has 1 saturated heterocycles. The number of carbonyl (C=O) groups is 2. The van der Waals surface area contributed by atoms with Gasteiger partial charge in [0.05, 0.1) is 16.2 Å². The Balaban J connectivity index is 1.31. The maximum Gasteiger partial charge on any atom is 0.247 e. The van der Waals surface area contributed by atoms with E-state index in [1.807, 2.05) is 37.3 Å². The summed E-state index contributed by atoms with van der Waals surface area (Å²) in [6, 6.07) is 16.0. The molecule has 2 amide bonds. The monoisotopic (exact) mass is 542 g/mol. The minimum atomic E-state index is -0.527. The van der Waals surface area contributed by atoms with Crippen molar-refractivity contribution in [3.63, 3.8) is 0 Å². The number of amides is 2. The molecule has 5 rings (SSSR count). The lowest BCUT2D eigenvalue weighted by molar-refractivity contribution is -0.132. The molecule has 39 heavy (non-hydrogen) atoms. The number of likely N-dealkylation sites (tertiary alicyclic amines) is 1. The van der Waals surface area contributed by atoms with Crippen molar-refractivity contribution in [2.75, 3.05) is 17.2 Å². The molecule has 0 spiro atoms. The van der Waals surface area contributed by atoms with Gasteiger partial charge in [0.15, 0.2) is 0 Å². The average Bonchev–Trinajstić information content (AvgIpc) is 3.43. The van der Waals surface area contributed by atoms with Gasteiger partial charge in [-0.05, 0) is 74.4 Å². The van der Waals surface area contributed by atoms with E-state index in [9.17, 15) is 9.59 Å². The highest BCUT2D eigenvalue weighted by atomic mass is 35.5. The second-order valence-electron chi connectivity index (χ2n) is 9.17. The zero-order valence-corrected chi connectivity index (χ0v) is 22.1. The molecule has 1 aliphatic rings. The zero-order valence-electron chi connectivity index (χ0n) is 21.4. The third kappa shape index (κ3) is 5.99. The van der Waals surface area contributed by atoms with Crippen LogP contribution in [0.15, 0.2) is 73.6 Å². The number of pyridine rings is 1. The highest BCUT2D eigenvalue weighted by molar-refractivity contribution is 6.32. The molecule has 0 bridgehead atoms. The summed E-state index contributed by atoms with van der Waals surface area (Å²) < 4.78 is 5.86. The van der Waals surface area contributed by atoms with Gasteiger partial charge >= 0.3 is 0 Å². The predicted molar refractivity (Wildman–Crippen MR) is 151 cm³/mol. The number of aryl methyl sites for hydroxylation is 1. The van der Waals surface area contributed by atoms with Gasteiger partial charge in [-0.3, -0.25) is 14.6 Å². The summed E-state index contributed by atoms with van der Waals surface area (Å²) in [4.78, 5) is 39.8. The summed E-state index contributed by atoms with van der Waals surface area (Å²) in [5, 5.41) is 7.36. The van der Waals surface area contributed by atoms with E-state index in [0.29, 0.717) is 58.4 Å². The summed E-state index contributed by atoms with van der Waals surface area (Å²) in [5.74, 6) is 0.609. The van der Waals surface area contributed by atoms with Crippen molar-refractivity contribution in [3.8, 4) is 5.75 Å². The van der Waals surface area contributed by atoms with Crippen molar-refractivity contribution < 1.29 is 14.3 Å². The van der Waals surface area contributed by atoms with Crippen molar-refractivity contribution in [2.24, 2.45) is 0 Å². The first kappa shape index (κ1) is 26.1. The molecule has 9 nitrogen and oxygen atoms in total. The van der Waals surface area contributed by atoms with E-state index in [1.54, 1.807) is 29.2 Å². The number of fused-ring (bicyclic) bond motifs is 1. The molecule has 2 aromatic carbocycles. The van der Waals surface area contributed by atoms with Crippen LogP contribution < -0.4 is 15.4 Å². The average molecular weight is 543 g/mol. The molecular weight excluding hydrogens is 516 g/mol. The van der Waals surface area contributed by atoms with Crippen LogP contribution in [0.4, 0.5) is 17.2 Å². The molecular formula is C29H27ClN6O3. The molecule has 3 heterocycles. The Morgan fingerprint density at radius 2 is 2.00 bits per heavy atom. The first-order valence-corrected chi connectivity index (χ1v) is 12.9. The van der Waals surface area contributed by atoms with E-state index >= 15 is 0 Å². The number of anilines is 3. The smallest absolute Gasteiger partial charge is 0.247 e. The normalized spacial score (nSPS) is 14.7.